The molecule has 0 bridgehead atoms. The third-order valence-corrected chi connectivity index (χ3v) is 3.34. The molecule has 0 atom stereocenters. The number of fused-ring (bicyclic) bond motifs is 3. The molecule has 1 aliphatic heterocycles. The topological polar surface area (TPSA) is 35.1 Å². The summed E-state index contributed by atoms with van der Waals surface area (Å²) < 4.78 is 7.01. The van der Waals surface area contributed by atoms with E-state index in [2.05, 4.69) is 24.3 Å². The predicted molar refractivity (Wildman–Crippen MR) is 67.0 cm³/mol. The first-order chi connectivity index (χ1) is 8.36. The number of para-hydroxylation sites is 1. The molecule has 0 fully saturated rings. The first kappa shape index (κ1) is 8.82. The lowest BCUT2D eigenvalue weighted by molar-refractivity contribution is 0.516. The van der Waals surface area contributed by atoms with Crippen molar-refractivity contribution in [1.29, 1.82) is 0 Å². The van der Waals surface area contributed by atoms with Crippen LogP contribution < -0.4 is 5.63 Å². The molecule has 3 aromatic rings. The van der Waals surface area contributed by atoms with Gasteiger partial charge in [0.1, 0.15) is 5.52 Å². The fourth-order valence-electron chi connectivity index (χ4n) is 2.68. The van der Waals surface area contributed by atoms with Gasteiger partial charge in [0.2, 0.25) is 0 Å². The van der Waals surface area contributed by atoms with Crippen LogP contribution in [-0.2, 0) is 6.54 Å². The van der Waals surface area contributed by atoms with Crippen LogP contribution in [0, 0.1) is 0 Å². The van der Waals surface area contributed by atoms with Gasteiger partial charge in [0.15, 0.2) is 0 Å². The highest BCUT2D eigenvalue weighted by Gasteiger charge is 2.16. The summed E-state index contributed by atoms with van der Waals surface area (Å²) in [4.78, 5) is 11.9. The minimum absolute atomic E-state index is 0.264. The molecule has 3 heterocycles. The van der Waals surface area contributed by atoms with E-state index in [-0.39, 0.29) is 5.63 Å². The molecule has 0 radical (unpaired) electrons. The zero-order chi connectivity index (χ0) is 11.4. The van der Waals surface area contributed by atoms with Crippen LogP contribution in [-0.4, -0.2) is 4.57 Å². The van der Waals surface area contributed by atoms with E-state index in [1.807, 2.05) is 16.7 Å². The molecule has 0 N–H and O–H groups in total. The lowest BCUT2D eigenvalue weighted by atomic mass is 10.1. The molecule has 0 unspecified atom stereocenters. The average molecular weight is 223 g/mol. The Hall–Kier alpha value is -2.29. The SMILES string of the molecule is O=c1occc2c3cccc4c3n(c12)CC=C4. The van der Waals surface area contributed by atoms with E-state index < -0.39 is 0 Å². The number of allylic oxidation sites excluding steroid dienone is 1. The van der Waals surface area contributed by atoms with Crippen LogP contribution in [0.25, 0.3) is 27.9 Å². The molecular formula is C14H9NO2. The number of benzene rings is 1. The van der Waals surface area contributed by atoms with Crippen LogP contribution in [0.4, 0.5) is 0 Å². The van der Waals surface area contributed by atoms with E-state index in [1.165, 1.54) is 6.26 Å². The third-order valence-electron chi connectivity index (χ3n) is 3.34. The molecule has 0 amide bonds. The Labute approximate surface area is 96.6 Å². The van der Waals surface area contributed by atoms with Gasteiger partial charge in [-0.15, -0.1) is 0 Å². The Kier molecular flexibility index (Phi) is 1.50. The van der Waals surface area contributed by atoms with Crippen molar-refractivity contribution >= 4 is 27.9 Å². The first-order valence-electron chi connectivity index (χ1n) is 5.55. The predicted octanol–water partition coefficient (Wildman–Crippen LogP) is 2.77. The summed E-state index contributed by atoms with van der Waals surface area (Å²) in [5.41, 5.74) is 2.69. The van der Waals surface area contributed by atoms with Gasteiger partial charge in [0.05, 0.1) is 11.8 Å². The highest BCUT2D eigenvalue weighted by Crippen LogP contribution is 2.32. The second-order valence-electron chi connectivity index (χ2n) is 4.23. The molecule has 0 aliphatic carbocycles. The van der Waals surface area contributed by atoms with Gasteiger partial charge < -0.3 is 8.98 Å². The van der Waals surface area contributed by atoms with Crippen molar-refractivity contribution < 1.29 is 4.42 Å². The Morgan fingerprint density at radius 1 is 1.12 bits per heavy atom. The Balaban J connectivity index is 2.43. The number of aromatic nitrogens is 1. The van der Waals surface area contributed by atoms with Crippen molar-refractivity contribution in [2.24, 2.45) is 0 Å². The molecule has 1 aromatic carbocycles. The Morgan fingerprint density at radius 3 is 2.94 bits per heavy atom. The number of rotatable bonds is 0. The zero-order valence-electron chi connectivity index (χ0n) is 9.01. The van der Waals surface area contributed by atoms with E-state index in [9.17, 15) is 4.79 Å². The molecule has 4 rings (SSSR count). The molecule has 0 saturated carbocycles. The monoisotopic (exact) mass is 223 g/mol. The van der Waals surface area contributed by atoms with Crippen molar-refractivity contribution in [2.75, 3.05) is 0 Å². The molecule has 2 aromatic heterocycles. The molecule has 17 heavy (non-hydrogen) atoms. The second-order valence-corrected chi connectivity index (χ2v) is 4.23. The average Bonchev–Trinajstić information content (AvgIpc) is 2.69. The summed E-state index contributed by atoms with van der Waals surface area (Å²) in [6, 6.07) is 8.00. The van der Waals surface area contributed by atoms with Crippen molar-refractivity contribution in [2.45, 2.75) is 6.54 Å². The van der Waals surface area contributed by atoms with Gasteiger partial charge >= 0.3 is 5.63 Å². The summed E-state index contributed by atoms with van der Waals surface area (Å²) >= 11 is 0. The first-order valence-corrected chi connectivity index (χ1v) is 5.55. The molecule has 3 nitrogen and oxygen atoms in total. The van der Waals surface area contributed by atoms with Crippen LogP contribution in [0.1, 0.15) is 5.56 Å². The van der Waals surface area contributed by atoms with Gasteiger partial charge in [-0.05, 0) is 11.6 Å². The number of nitrogens with zero attached hydrogens (tertiary/aromatic N) is 1. The van der Waals surface area contributed by atoms with Crippen molar-refractivity contribution in [3.63, 3.8) is 0 Å². The number of hydrogen-bond donors (Lipinski definition) is 0. The minimum atomic E-state index is -0.264. The molecule has 0 saturated heterocycles. The molecule has 82 valence electrons. The van der Waals surface area contributed by atoms with Crippen LogP contribution in [0.15, 0.2) is 45.8 Å². The standard InChI is InChI=1S/C14H9NO2/c16-14-13-11(6-8-17-14)10-5-1-3-9-4-2-7-15(13)12(9)10/h1-6,8H,7H2. The van der Waals surface area contributed by atoms with Gasteiger partial charge in [0.25, 0.3) is 0 Å². The van der Waals surface area contributed by atoms with Gasteiger partial charge in [-0.2, -0.15) is 0 Å². The van der Waals surface area contributed by atoms with Gasteiger partial charge in [-0.1, -0.05) is 30.4 Å². The van der Waals surface area contributed by atoms with Gasteiger partial charge in [-0.3, -0.25) is 0 Å². The highest BCUT2D eigenvalue weighted by atomic mass is 16.4. The summed E-state index contributed by atoms with van der Waals surface area (Å²) in [5.74, 6) is 0. The van der Waals surface area contributed by atoms with E-state index in [4.69, 9.17) is 4.42 Å². The number of hydrogen-bond acceptors (Lipinski definition) is 2. The van der Waals surface area contributed by atoms with Crippen LogP contribution >= 0.6 is 0 Å². The summed E-state index contributed by atoms with van der Waals surface area (Å²) in [7, 11) is 0. The maximum Gasteiger partial charge on any atom is 0.360 e. The van der Waals surface area contributed by atoms with Gasteiger partial charge in [0, 0.05) is 17.3 Å². The minimum Gasteiger partial charge on any atom is -0.430 e. The Bertz CT molecular complexity index is 836. The maximum absolute atomic E-state index is 11.9. The van der Waals surface area contributed by atoms with E-state index >= 15 is 0 Å². The molecular weight excluding hydrogens is 214 g/mol. The van der Waals surface area contributed by atoms with Crippen molar-refractivity contribution in [1.82, 2.24) is 4.57 Å². The highest BCUT2D eigenvalue weighted by molar-refractivity contribution is 6.10. The summed E-state index contributed by atoms with van der Waals surface area (Å²) in [6.45, 7) is 0.728. The van der Waals surface area contributed by atoms with Gasteiger partial charge in [-0.25, -0.2) is 4.79 Å². The summed E-state index contributed by atoms with van der Waals surface area (Å²) in [5, 5.41) is 2.09. The zero-order valence-corrected chi connectivity index (χ0v) is 9.01. The largest absolute Gasteiger partial charge is 0.430 e. The Morgan fingerprint density at radius 2 is 2.00 bits per heavy atom. The lowest BCUT2D eigenvalue weighted by Crippen LogP contribution is -2.07. The van der Waals surface area contributed by atoms with Crippen LogP contribution in [0.5, 0.6) is 0 Å². The fraction of sp³-hybridized carbons (Fsp3) is 0.0714. The summed E-state index contributed by atoms with van der Waals surface area (Å²) in [6.07, 6.45) is 5.63. The smallest absolute Gasteiger partial charge is 0.360 e. The molecule has 0 spiro atoms. The van der Waals surface area contributed by atoms with E-state index in [1.54, 1.807) is 0 Å². The molecule has 3 heteroatoms. The molecule has 1 aliphatic rings. The maximum atomic E-state index is 11.9. The van der Waals surface area contributed by atoms with E-state index in [0.29, 0.717) is 5.52 Å². The van der Waals surface area contributed by atoms with Crippen molar-refractivity contribution in [3.8, 4) is 0 Å². The van der Waals surface area contributed by atoms with E-state index in [0.717, 1.165) is 28.4 Å². The second kappa shape index (κ2) is 2.88. The van der Waals surface area contributed by atoms with Crippen LogP contribution in [0.3, 0.4) is 0 Å². The fourth-order valence-corrected chi connectivity index (χ4v) is 2.68. The van der Waals surface area contributed by atoms with Crippen LogP contribution in [0.2, 0.25) is 0 Å². The van der Waals surface area contributed by atoms with Crippen molar-refractivity contribution in [3.05, 3.63) is 52.6 Å². The quantitative estimate of drug-likeness (QED) is 0.587. The normalized spacial score (nSPS) is 13.6. The lowest BCUT2D eigenvalue weighted by Gasteiger charge is -2.09. The third kappa shape index (κ3) is 0.984.